The van der Waals surface area contributed by atoms with Gasteiger partial charge in [-0.25, -0.2) is 0 Å². The van der Waals surface area contributed by atoms with Crippen LogP contribution in [0.1, 0.15) is 37.5 Å². The summed E-state index contributed by atoms with van der Waals surface area (Å²) >= 11 is 1.69. The summed E-state index contributed by atoms with van der Waals surface area (Å²) in [6.07, 6.45) is -4.05. The van der Waals surface area contributed by atoms with Gasteiger partial charge in [0.1, 0.15) is 0 Å². The molecule has 5 aromatic rings. The van der Waals surface area contributed by atoms with E-state index in [0.29, 0.717) is 5.56 Å². The Kier molecular flexibility index (Phi) is 6.35. The van der Waals surface area contributed by atoms with Gasteiger partial charge in [-0.05, 0) is 78.6 Å². The van der Waals surface area contributed by atoms with Gasteiger partial charge in [0, 0.05) is 16.6 Å². The molecular weight excluding hydrogens is 499 g/mol. The molecule has 3 aromatic carbocycles. The molecule has 0 unspecified atom stereocenters. The average molecular weight is 531 g/mol. The number of aryl methyl sites for hydroxylation is 3. The molecule has 194 valence electrons. The van der Waals surface area contributed by atoms with Gasteiger partial charge in [-0.1, -0.05) is 79.6 Å². The highest BCUT2D eigenvalue weighted by Gasteiger charge is 2.46. The van der Waals surface area contributed by atoms with Crippen LogP contribution >= 0.6 is 11.3 Å². The minimum atomic E-state index is -4.25. The van der Waals surface area contributed by atoms with Crippen LogP contribution in [0.3, 0.4) is 0 Å². The van der Waals surface area contributed by atoms with Crippen LogP contribution in [0.15, 0.2) is 79.0 Å². The first-order valence-corrected chi connectivity index (χ1v) is 13.4. The highest BCUT2D eigenvalue weighted by Crippen LogP contribution is 2.43. The molecule has 0 aliphatic heterocycles. The van der Waals surface area contributed by atoms with Gasteiger partial charge in [-0.15, -0.1) is 11.3 Å². The molecule has 2 heterocycles. The molecule has 1 nitrogen and oxygen atoms in total. The summed E-state index contributed by atoms with van der Waals surface area (Å²) in [6, 6.07) is 23.8. The van der Waals surface area contributed by atoms with Gasteiger partial charge in [0.2, 0.25) is 0 Å². The van der Waals surface area contributed by atoms with Crippen molar-refractivity contribution in [2.45, 2.75) is 47.2 Å². The van der Waals surface area contributed by atoms with Crippen LogP contribution in [0.2, 0.25) is 0 Å². The van der Waals surface area contributed by atoms with Crippen LogP contribution < -0.4 is 0 Å². The monoisotopic (exact) mass is 530 g/mol. The fourth-order valence-electron chi connectivity index (χ4n) is 4.91. The molecule has 0 atom stereocenters. The maximum atomic E-state index is 13.3. The number of alkyl halides is 3. The Labute approximate surface area is 227 Å². The lowest BCUT2D eigenvalue weighted by Crippen LogP contribution is -2.34. The van der Waals surface area contributed by atoms with E-state index in [9.17, 15) is 13.2 Å². The number of rotatable bonds is 5. The standard InChI is InChI=1S/C33H30F3NS/c1-20-16-21(2)18-27(17-20)29-31-28(14-15-37-29)22(3)30(38-31)26-12-10-25(11-13-26)24-8-6-23(7-9-24)19-32(4,5)33(34,35)36/h6-18H,19H2,1-5H3/i15D. The summed E-state index contributed by atoms with van der Waals surface area (Å²) < 4.78 is 49.3. The van der Waals surface area contributed by atoms with Gasteiger partial charge >= 0.3 is 6.18 Å². The van der Waals surface area contributed by atoms with E-state index in [4.69, 9.17) is 1.37 Å². The Bertz CT molecular complexity index is 1640. The summed E-state index contributed by atoms with van der Waals surface area (Å²) in [5.74, 6) is 0. The smallest absolute Gasteiger partial charge is 0.255 e. The molecule has 0 radical (unpaired) electrons. The molecule has 2 aromatic heterocycles. The SMILES string of the molecule is [2H]c1cc2c(C)c(-c3ccc(-c4ccc(CC(C)(C)C(F)(F)F)cc4)cc3)sc2c(-c2cc(C)cc(C)c2)n1. The summed E-state index contributed by atoms with van der Waals surface area (Å²) in [7, 11) is 0. The molecule has 0 aliphatic carbocycles. The quantitative estimate of drug-likeness (QED) is 0.220. The largest absolute Gasteiger partial charge is 0.394 e. The zero-order chi connectivity index (χ0) is 28.1. The maximum absolute atomic E-state index is 13.3. The van der Waals surface area contributed by atoms with Crippen molar-refractivity contribution in [3.63, 3.8) is 0 Å². The third kappa shape index (κ3) is 5.00. The number of benzene rings is 3. The van der Waals surface area contributed by atoms with E-state index in [0.717, 1.165) is 59.6 Å². The Balaban J connectivity index is 1.46. The van der Waals surface area contributed by atoms with E-state index < -0.39 is 11.6 Å². The van der Waals surface area contributed by atoms with E-state index in [-0.39, 0.29) is 12.6 Å². The second kappa shape index (κ2) is 9.70. The molecule has 0 N–H and O–H groups in total. The lowest BCUT2D eigenvalue weighted by molar-refractivity contribution is -0.211. The fourth-order valence-corrected chi connectivity index (χ4v) is 6.21. The summed E-state index contributed by atoms with van der Waals surface area (Å²) in [5.41, 5.74) is 7.26. The molecule has 0 saturated heterocycles. The normalized spacial score (nSPS) is 12.7. The highest BCUT2D eigenvalue weighted by molar-refractivity contribution is 7.23. The van der Waals surface area contributed by atoms with E-state index >= 15 is 0 Å². The molecule has 5 heteroatoms. The van der Waals surface area contributed by atoms with Crippen LogP contribution in [0, 0.1) is 26.2 Å². The van der Waals surface area contributed by atoms with E-state index in [2.05, 4.69) is 56.1 Å². The van der Waals surface area contributed by atoms with Crippen molar-refractivity contribution >= 4 is 21.4 Å². The molecule has 0 amide bonds. The summed E-state index contributed by atoms with van der Waals surface area (Å²) in [4.78, 5) is 5.75. The highest BCUT2D eigenvalue weighted by atomic mass is 32.1. The zero-order valence-corrected chi connectivity index (χ0v) is 22.9. The first kappa shape index (κ1) is 24.9. The Morgan fingerprint density at radius 3 is 1.89 bits per heavy atom. The van der Waals surface area contributed by atoms with E-state index in [1.807, 2.05) is 30.3 Å². The van der Waals surface area contributed by atoms with Crippen molar-refractivity contribution in [3.8, 4) is 32.8 Å². The van der Waals surface area contributed by atoms with Crippen molar-refractivity contribution in [3.05, 3.63) is 101 Å². The number of aromatic nitrogens is 1. The van der Waals surface area contributed by atoms with Crippen LogP contribution in [-0.2, 0) is 6.42 Å². The van der Waals surface area contributed by atoms with Crippen molar-refractivity contribution in [1.82, 2.24) is 4.98 Å². The predicted octanol–water partition coefficient (Wildman–Crippen LogP) is 10.4. The molecule has 0 fully saturated rings. The molecule has 0 saturated carbocycles. The van der Waals surface area contributed by atoms with Gasteiger partial charge in [0.25, 0.3) is 0 Å². The van der Waals surface area contributed by atoms with E-state index in [1.165, 1.54) is 13.8 Å². The number of fused-ring (bicyclic) bond motifs is 1. The number of pyridine rings is 1. The number of halogens is 3. The molecule has 38 heavy (non-hydrogen) atoms. The lowest BCUT2D eigenvalue weighted by atomic mass is 9.84. The van der Waals surface area contributed by atoms with Gasteiger partial charge in [-0.2, -0.15) is 13.2 Å². The minimum absolute atomic E-state index is 0.0556. The number of hydrogen-bond acceptors (Lipinski definition) is 2. The second-order valence-electron chi connectivity index (χ2n) is 10.7. The van der Waals surface area contributed by atoms with Crippen molar-refractivity contribution in [2.75, 3.05) is 0 Å². The third-order valence-corrected chi connectivity index (χ3v) is 8.50. The maximum Gasteiger partial charge on any atom is 0.394 e. The lowest BCUT2D eigenvalue weighted by Gasteiger charge is -2.27. The van der Waals surface area contributed by atoms with Gasteiger partial charge < -0.3 is 0 Å². The zero-order valence-electron chi connectivity index (χ0n) is 23.1. The molecule has 0 spiro atoms. The first-order valence-electron chi connectivity index (χ1n) is 13.1. The number of thiophene rings is 1. The molecule has 0 aliphatic rings. The van der Waals surface area contributed by atoms with Crippen molar-refractivity contribution < 1.29 is 14.5 Å². The van der Waals surface area contributed by atoms with Crippen LogP contribution in [0.5, 0.6) is 0 Å². The molecule has 0 bridgehead atoms. The minimum Gasteiger partial charge on any atom is -0.255 e. The average Bonchev–Trinajstić information content (AvgIpc) is 3.19. The van der Waals surface area contributed by atoms with Crippen molar-refractivity contribution in [2.24, 2.45) is 5.41 Å². The molecular formula is C33H30F3NS. The topological polar surface area (TPSA) is 12.9 Å². The van der Waals surface area contributed by atoms with Crippen molar-refractivity contribution in [1.29, 1.82) is 0 Å². The Morgan fingerprint density at radius 2 is 1.32 bits per heavy atom. The summed E-state index contributed by atoms with van der Waals surface area (Å²) in [6.45, 7) is 8.71. The third-order valence-electron chi connectivity index (χ3n) is 7.14. The van der Waals surface area contributed by atoms with E-state index in [1.54, 1.807) is 23.5 Å². The molecule has 5 rings (SSSR count). The van der Waals surface area contributed by atoms with Crippen LogP contribution in [-0.4, -0.2) is 11.2 Å². The van der Waals surface area contributed by atoms with Gasteiger partial charge in [-0.3, -0.25) is 4.98 Å². The van der Waals surface area contributed by atoms with Gasteiger partial charge in [0.15, 0.2) is 0 Å². The Hall–Kier alpha value is -3.44. The van der Waals surface area contributed by atoms with Gasteiger partial charge in [0.05, 0.1) is 17.2 Å². The first-order chi connectivity index (χ1) is 18.3. The predicted molar refractivity (Wildman–Crippen MR) is 154 cm³/mol. The second-order valence-corrected chi connectivity index (χ2v) is 11.8. The van der Waals surface area contributed by atoms with Crippen LogP contribution in [0.25, 0.3) is 42.9 Å². The van der Waals surface area contributed by atoms with Crippen LogP contribution in [0.4, 0.5) is 13.2 Å². The fraction of sp³-hybridized carbons (Fsp3) is 0.242. The number of nitrogens with zero attached hydrogens (tertiary/aromatic N) is 1. The number of hydrogen-bond donors (Lipinski definition) is 0. The Morgan fingerprint density at radius 1 is 0.763 bits per heavy atom. The summed E-state index contributed by atoms with van der Waals surface area (Å²) in [5, 5.41) is 1.05.